The van der Waals surface area contributed by atoms with Crippen molar-refractivity contribution in [3.63, 3.8) is 0 Å². The molecule has 0 aliphatic carbocycles. The first kappa shape index (κ1) is 17.1. The van der Waals surface area contributed by atoms with E-state index in [1.165, 1.54) is 11.3 Å². The molecule has 6 nitrogen and oxygen atoms in total. The summed E-state index contributed by atoms with van der Waals surface area (Å²) < 4.78 is 0.938. The van der Waals surface area contributed by atoms with Crippen molar-refractivity contribution in [3.05, 3.63) is 29.3 Å². The van der Waals surface area contributed by atoms with Gasteiger partial charge < -0.3 is 5.73 Å². The van der Waals surface area contributed by atoms with Gasteiger partial charge in [-0.2, -0.15) is 5.26 Å². The molecule has 0 fully saturated rings. The molecular formula is C16H18N4O2S. The van der Waals surface area contributed by atoms with Gasteiger partial charge in [0.05, 0.1) is 29.4 Å². The van der Waals surface area contributed by atoms with Gasteiger partial charge in [-0.25, -0.2) is 4.98 Å². The van der Waals surface area contributed by atoms with Gasteiger partial charge in [0.1, 0.15) is 5.01 Å². The number of nitriles is 1. The van der Waals surface area contributed by atoms with Crippen LogP contribution in [0.25, 0.3) is 10.2 Å². The molecule has 23 heavy (non-hydrogen) atoms. The molecule has 0 aliphatic heterocycles. The second-order valence-corrected chi connectivity index (χ2v) is 6.58. The van der Waals surface area contributed by atoms with Crippen molar-refractivity contribution < 1.29 is 9.59 Å². The van der Waals surface area contributed by atoms with Crippen LogP contribution in [0.4, 0.5) is 0 Å². The highest BCUT2D eigenvalue weighted by molar-refractivity contribution is 7.18. The molecular weight excluding hydrogens is 312 g/mol. The van der Waals surface area contributed by atoms with Crippen LogP contribution in [0.15, 0.2) is 24.3 Å². The van der Waals surface area contributed by atoms with Crippen molar-refractivity contribution in [1.82, 2.24) is 9.88 Å². The molecule has 2 aromatic rings. The lowest BCUT2D eigenvalue weighted by molar-refractivity contribution is -0.123. The number of aromatic nitrogens is 1. The van der Waals surface area contributed by atoms with Gasteiger partial charge in [-0.3, -0.25) is 14.5 Å². The van der Waals surface area contributed by atoms with Gasteiger partial charge in [-0.05, 0) is 26.0 Å². The number of nitrogens with two attached hydrogens (primary N) is 1. The van der Waals surface area contributed by atoms with Gasteiger partial charge >= 0.3 is 0 Å². The molecule has 2 rings (SSSR count). The second kappa shape index (κ2) is 7.31. The van der Waals surface area contributed by atoms with Crippen LogP contribution in [-0.2, 0) is 9.59 Å². The molecule has 1 aromatic heterocycles. The highest BCUT2D eigenvalue weighted by atomic mass is 32.1. The Bertz CT molecular complexity index is 730. The minimum absolute atomic E-state index is 0.00520. The molecule has 1 aromatic carbocycles. The summed E-state index contributed by atoms with van der Waals surface area (Å²) in [6.07, 6.45) is 0. The summed E-state index contributed by atoms with van der Waals surface area (Å²) in [4.78, 5) is 29.7. The summed E-state index contributed by atoms with van der Waals surface area (Å²) in [5.74, 6) is -1.71. The average molecular weight is 330 g/mol. The van der Waals surface area contributed by atoms with E-state index in [1.54, 1.807) is 4.90 Å². The SMILES string of the molecule is CC(C)N(CC(N)=O)CC(=O)C(C#N)c1nc2ccccc2s1. The normalized spacial score (nSPS) is 12.5. The van der Waals surface area contributed by atoms with Gasteiger partial charge in [-0.15, -0.1) is 11.3 Å². The molecule has 0 radical (unpaired) electrons. The maximum Gasteiger partial charge on any atom is 0.231 e. The Hall–Kier alpha value is -2.30. The standard InChI is InChI=1S/C16H18N4O2S/c1-10(2)20(9-15(18)22)8-13(21)11(7-17)16-19-12-5-3-4-6-14(12)23-16/h3-6,10-11H,8-9H2,1-2H3,(H2,18,22). The Kier molecular flexibility index (Phi) is 5.42. The molecule has 2 N–H and O–H groups in total. The molecule has 1 heterocycles. The van der Waals surface area contributed by atoms with Crippen LogP contribution in [0.2, 0.25) is 0 Å². The largest absolute Gasteiger partial charge is 0.369 e. The number of para-hydroxylation sites is 1. The molecule has 1 amide bonds. The van der Waals surface area contributed by atoms with Crippen LogP contribution in [0.3, 0.4) is 0 Å². The lowest BCUT2D eigenvalue weighted by Gasteiger charge is -2.24. The Labute approximate surface area is 138 Å². The lowest BCUT2D eigenvalue weighted by atomic mass is 10.1. The van der Waals surface area contributed by atoms with Crippen molar-refractivity contribution in [2.24, 2.45) is 5.73 Å². The molecule has 7 heteroatoms. The third kappa shape index (κ3) is 4.12. The first-order valence-electron chi connectivity index (χ1n) is 7.22. The Balaban J connectivity index is 2.21. The van der Waals surface area contributed by atoms with Crippen LogP contribution < -0.4 is 5.73 Å². The number of carbonyl (C=O) groups is 2. The highest BCUT2D eigenvalue weighted by Gasteiger charge is 2.27. The van der Waals surface area contributed by atoms with Crippen molar-refractivity contribution in [3.8, 4) is 6.07 Å². The zero-order chi connectivity index (χ0) is 17.0. The number of carbonyl (C=O) groups excluding carboxylic acids is 2. The van der Waals surface area contributed by atoms with E-state index in [0.29, 0.717) is 5.01 Å². The predicted octanol–water partition coefficient (Wildman–Crippen LogP) is 1.67. The molecule has 120 valence electrons. The number of ketones is 1. The van der Waals surface area contributed by atoms with E-state index in [-0.39, 0.29) is 24.9 Å². The van der Waals surface area contributed by atoms with E-state index in [9.17, 15) is 14.9 Å². The number of fused-ring (bicyclic) bond motifs is 1. The van der Waals surface area contributed by atoms with Gasteiger partial charge in [0.15, 0.2) is 11.7 Å². The molecule has 1 unspecified atom stereocenters. The number of primary amides is 1. The van der Waals surface area contributed by atoms with E-state index in [0.717, 1.165) is 10.2 Å². The van der Waals surface area contributed by atoms with E-state index in [4.69, 9.17) is 5.73 Å². The number of Topliss-reactive ketones (excluding diaryl/α,β-unsaturated/α-hetero) is 1. The summed E-state index contributed by atoms with van der Waals surface area (Å²) in [6.45, 7) is 3.72. The zero-order valence-corrected chi connectivity index (χ0v) is 13.8. The van der Waals surface area contributed by atoms with Crippen LogP contribution in [0.1, 0.15) is 24.8 Å². The van der Waals surface area contributed by atoms with E-state index >= 15 is 0 Å². The van der Waals surface area contributed by atoms with Gasteiger partial charge in [0.2, 0.25) is 5.91 Å². The molecule has 0 spiro atoms. The fourth-order valence-corrected chi connectivity index (χ4v) is 3.23. The van der Waals surface area contributed by atoms with Crippen LogP contribution >= 0.6 is 11.3 Å². The van der Waals surface area contributed by atoms with Crippen molar-refractivity contribution in [2.75, 3.05) is 13.1 Å². The second-order valence-electron chi connectivity index (χ2n) is 5.51. The van der Waals surface area contributed by atoms with E-state index < -0.39 is 11.8 Å². The number of benzene rings is 1. The Morgan fingerprint density at radius 2 is 2.04 bits per heavy atom. The van der Waals surface area contributed by atoms with Crippen molar-refractivity contribution in [1.29, 1.82) is 5.26 Å². The summed E-state index contributed by atoms with van der Waals surface area (Å²) in [5.41, 5.74) is 5.99. The number of hydrogen-bond acceptors (Lipinski definition) is 6. The van der Waals surface area contributed by atoms with E-state index in [2.05, 4.69) is 4.98 Å². The Morgan fingerprint density at radius 1 is 1.35 bits per heavy atom. The van der Waals surface area contributed by atoms with Crippen LogP contribution in [-0.4, -0.2) is 40.7 Å². The molecule has 0 saturated heterocycles. The lowest BCUT2D eigenvalue weighted by Crippen LogP contribution is -2.42. The summed E-state index contributed by atoms with van der Waals surface area (Å²) in [6, 6.07) is 9.51. The van der Waals surface area contributed by atoms with Crippen LogP contribution in [0.5, 0.6) is 0 Å². The predicted molar refractivity (Wildman–Crippen MR) is 88.9 cm³/mol. The molecule has 1 atom stereocenters. The maximum atomic E-state index is 12.5. The fraction of sp³-hybridized carbons (Fsp3) is 0.375. The third-order valence-corrected chi connectivity index (χ3v) is 4.56. The number of amides is 1. The smallest absolute Gasteiger partial charge is 0.231 e. The van der Waals surface area contributed by atoms with Gasteiger partial charge in [0, 0.05) is 6.04 Å². The van der Waals surface area contributed by atoms with Crippen molar-refractivity contribution >= 4 is 33.2 Å². The summed E-state index contributed by atoms with van der Waals surface area (Å²) >= 11 is 1.34. The molecule has 0 bridgehead atoms. The monoisotopic (exact) mass is 330 g/mol. The minimum atomic E-state index is -0.929. The molecule has 0 saturated carbocycles. The number of thiazole rings is 1. The fourth-order valence-electron chi connectivity index (χ4n) is 2.19. The number of hydrogen-bond donors (Lipinski definition) is 1. The molecule has 0 aliphatic rings. The zero-order valence-electron chi connectivity index (χ0n) is 13.0. The van der Waals surface area contributed by atoms with Gasteiger partial charge in [-0.1, -0.05) is 12.1 Å². The van der Waals surface area contributed by atoms with E-state index in [1.807, 2.05) is 44.2 Å². The average Bonchev–Trinajstić information content (AvgIpc) is 2.90. The first-order chi connectivity index (χ1) is 10.9. The van der Waals surface area contributed by atoms with Gasteiger partial charge in [0.25, 0.3) is 0 Å². The summed E-state index contributed by atoms with van der Waals surface area (Å²) in [5, 5.41) is 9.88. The summed E-state index contributed by atoms with van der Waals surface area (Å²) in [7, 11) is 0. The Morgan fingerprint density at radius 3 is 2.61 bits per heavy atom. The highest BCUT2D eigenvalue weighted by Crippen LogP contribution is 2.28. The first-order valence-corrected chi connectivity index (χ1v) is 8.04. The number of rotatable bonds is 7. The van der Waals surface area contributed by atoms with Crippen LogP contribution in [0, 0.1) is 11.3 Å². The van der Waals surface area contributed by atoms with Crippen molar-refractivity contribution in [2.45, 2.75) is 25.8 Å². The topological polar surface area (TPSA) is 100 Å². The third-order valence-electron chi connectivity index (χ3n) is 3.46. The maximum absolute atomic E-state index is 12.5. The number of nitrogens with zero attached hydrogens (tertiary/aromatic N) is 3. The quantitative estimate of drug-likeness (QED) is 0.832. The minimum Gasteiger partial charge on any atom is -0.369 e.